The lowest BCUT2D eigenvalue weighted by molar-refractivity contribution is 0.384. The largest absolute Gasteiger partial charge is 0.207 e. The molecule has 1 aliphatic rings. The van der Waals surface area contributed by atoms with Crippen LogP contribution in [0.15, 0.2) is 42.5 Å². The summed E-state index contributed by atoms with van der Waals surface area (Å²) in [5, 5.41) is 0. The number of benzene rings is 2. The van der Waals surface area contributed by atoms with Gasteiger partial charge in [-0.05, 0) is 79.7 Å². The highest BCUT2D eigenvalue weighted by Gasteiger charge is 2.21. The first kappa shape index (κ1) is 22.6. The number of unbranched alkanes of at least 4 members (excludes halogenated alkanes) is 3. The van der Waals surface area contributed by atoms with Crippen LogP contribution in [0.2, 0.25) is 0 Å². The second-order valence-electron chi connectivity index (χ2n) is 8.93. The lowest BCUT2D eigenvalue weighted by Gasteiger charge is -2.26. The van der Waals surface area contributed by atoms with Gasteiger partial charge in [-0.15, -0.1) is 0 Å². The first-order valence-electron chi connectivity index (χ1n) is 12.1. The minimum absolute atomic E-state index is 0.0893. The van der Waals surface area contributed by atoms with Gasteiger partial charge in [-0.1, -0.05) is 81.7 Å². The predicted octanol–water partition coefficient (Wildman–Crippen LogP) is 8.23. The SMILES string of the molecule is CCCCCCc1ccc(C#C[C@H]2CC[C@H](c3ccc(CCC)cc3)CC2)cc1F. The van der Waals surface area contributed by atoms with E-state index in [0.717, 1.165) is 36.8 Å². The van der Waals surface area contributed by atoms with Gasteiger partial charge < -0.3 is 0 Å². The summed E-state index contributed by atoms with van der Waals surface area (Å²) in [6.45, 7) is 4.43. The molecular weight excluding hydrogens is 367 g/mol. The lowest BCUT2D eigenvalue weighted by atomic mass is 9.78. The maximum atomic E-state index is 14.4. The van der Waals surface area contributed by atoms with E-state index in [0.29, 0.717) is 11.8 Å². The van der Waals surface area contributed by atoms with E-state index in [2.05, 4.69) is 50.0 Å². The molecule has 1 fully saturated rings. The fourth-order valence-corrected chi connectivity index (χ4v) is 4.57. The Morgan fingerprint density at radius 2 is 1.60 bits per heavy atom. The van der Waals surface area contributed by atoms with Gasteiger partial charge in [0.1, 0.15) is 5.82 Å². The van der Waals surface area contributed by atoms with Crippen LogP contribution < -0.4 is 0 Å². The van der Waals surface area contributed by atoms with Crippen LogP contribution in [-0.4, -0.2) is 0 Å². The minimum Gasteiger partial charge on any atom is -0.207 e. The molecule has 0 saturated heterocycles. The highest BCUT2D eigenvalue weighted by atomic mass is 19.1. The average molecular weight is 405 g/mol. The molecule has 0 amide bonds. The monoisotopic (exact) mass is 404 g/mol. The van der Waals surface area contributed by atoms with Crippen molar-refractivity contribution in [3.05, 3.63) is 70.5 Å². The van der Waals surface area contributed by atoms with Crippen molar-refractivity contribution in [2.45, 2.75) is 90.4 Å². The molecule has 0 atom stereocenters. The second-order valence-corrected chi connectivity index (χ2v) is 8.93. The highest BCUT2D eigenvalue weighted by Crippen LogP contribution is 2.35. The van der Waals surface area contributed by atoms with Crippen LogP contribution in [0.5, 0.6) is 0 Å². The molecule has 1 aliphatic carbocycles. The molecule has 0 unspecified atom stereocenters. The fourth-order valence-electron chi connectivity index (χ4n) is 4.57. The summed E-state index contributed by atoms with van der Waals surface area (Å²) in [7, 11) is 0. The summed E-state index contributed by atoms with van der Waals surface area (Å²) in [4.78, 5) is 0. The van der Waals surface area contributed by atoms with Gasteiger partial charge in [-0.2, -0.15) is 0 Å². The minimum atomic E-state index is -0.0893. The molecule has 0 aliphatic heterocycles. The summed E-state index contributed by atoms with van der Waals surface area (Å²) in [5.41, 5.74) is 4.58. The van der Waals surface area contributed by atoms with Crippen molar-refractivity contribution >= 4 is 0 Å². The van der Waals surface area contributed by atoms with Crippen LogP contribution >= 0.6 is 0 Å². The molecule has 1 heteroatoms. The van der Waals surface area contributed by atoms with E-state index in [9.17, 15) is 4.39 Å². The topological polar surface area (TPSA) is 0 Å². The van der Waals surface area contributed by atoms with E-state index in [1.165, 1.54) is 56.1 Å². The van der Waals surface area contributed by atoms with Gasteiger partial charge in [0, 0.05) is 11.5 Å². The average Bonchev–Trinajstić information content (AvgIpc) is 2.77. The Morgan fingerprint density at radius 1 is 0.833 bits per heavy atom. The van der Waals surface area contributed by atoms with Crippen molar-refractivity contribution < 1.29 is 4.39 Å². The van der Waals surface area contributed by atoms with Gasteiger partial charge in [0.25, 0.3) is 0 Å². The van der Waals surface area contributed by atoms with Crippen molar-refractivity contribution in [2.24, 2.45) is 5.92 Å². The Bertz CT molecular complexity index is 829. The van der Waals surface area contributed by atoms with Gasteiger partial charge in [-0.3, -0.25) is 0 Å². The van der Waals surface area contributed by atoms with Crippen LogP contribution in [0.25, 0.3) is 0 Å². The maximum absolute atomic E-state index is 14.4. The van der Waals surface area contributed by atoms with E-state index in [-0.39, 0.29) is 5.82 Å². The first-order chi connectivity index (χ1) is 14.7. The highest BCUT2D eigenvalue weighted by molar-refractivity contribution is 5.37. The van der Waals surface area contributed by atoms with Crippen LogP contribution in [-0.2, 0) is 12.8 Å². The molecule has 0 aromatic heterocycles. The Hall–Kier alpha value is -2.07. The summed E-state index contributed by atoms with van der Waals surface area (Å²) in [6.07, 6.45) is 12.6. The number of hydrogen-bond acceptors (Lipinski definition) is 0. The molecule has 0 radical (unpaired) electrons. The van der Waals surface area contributed by atoms with Crippen molar-refractivity contribution in [2.75, 3.05) is 0 Å². The van der Waals surface area contributed by atoms with Crippen LogP contribution in [0.1, 0.15) is 99.8 Å². The molecule has 2 aromatic rings. The van der Waals surface area contributed by atoms with Gasteiger partial charge in [0.2, 0.25) is 0 Å². The van der Waals surface area contributed by atoms with Gasteiger partial charge in [0.15, 0.2) is 0 Å². The molecule has 2 aromatic carbocycles. The fraction of sp³-hybridized carbons (Fsp3) is 0.517. The molecule has 160 valence electrons. The molecule has 0 N–H and O–H groups in total. The van der Waals surface area contributed by atoms with E-state index >= 15 is 0 Å². The molecule has 0 spiro atoms. The molecule has 1 saturated carbocycles. The van der Waals surface area contributed by atoms with Gasteiger partial charge >= 0.3 is 0 Å². The van der Waals surface area contributed by atoms with Crippen LogP contribution in [0.4, 0.5) is 4.39 Å². The van der Waals surface area contributed by atoms with E-state index in [1.807, 2.05) is 12.1 Å². The Morgan fingerprint density at radius 3 is 2.27 bits per heavy atom. The van der Waals surface area contributed by atoms with Crippen molar-refractivity contribution in [3.63, 3.8) is 0 Å². The zero-order valence-electron chi connectivity index (χ0n) is 18.9. The molecule has 3 rings (SSSR count). The summed E-state index contributed by atoms with van der Waals surface area (Å²) in [5.74, 6) is 7.69. The normalized spacial score (nSPS) is 18.6. The Kier molecular flexibility index (Phi) is 9.00. The summed E-state index contributed by atoms with van der Waals surface area (Å²) < 4.78 is 14.4. The molecule has 0 bridgehead atoms. The van der Waals surface area contributed by atoms with E-state index < -0.39 is 0 Å². The van der Waals surface area contributed by atoms with Crippen molar-refractivity contribution in [1.29, 1.82) is 0 Å². The smallest absolute Gasteiger partial charge is 0.127 e. The number of halogens is 1. The van der Waals surface area contributed by atoms with Gasteiger partial charge in [-0.25, -0.2) is 4.39 Å². The molecule has 30 heavy (non-hydrogen) atoms. The standard InChI is InChI=1S/C29H37F/c1-3-5-6-7-9-28-21-16-25(22-29(28)30)11-10-24-14-19-27(20-15-24)26-17-12-23(8-4-2)13-18-26/h12-13,16-18,21-22,24,27H,3-9,14-15,19-20H2,1-2H3/t24-,27-. The number of aryl methyl sites for hydroxylation is 2. The quantitative estimate of drug-likeness (QED) is 0.307. The molecule has 0 nitrogen and oxygen atoms in total. The zero-order chi connectivity index (χ0) is 21.2. The number of hydrogen-bond donors (Lipinski definition) is 0. The maximum Gasteiger partial charge on any atom is 0.127 e. The third-order valence-electron chi connectivity index (χ3n) is 6.49. The predicted molar refractivity (Wildman–Crippen MR) is 126 cm³/mol. The van der Waals surface area contributed by atoms with E-state index in [4.69, 9.17) is 0 Å². The van der Waals surface area contributed by atoms with Gasteiger partial charge in [0.05, 0.1) is 0 Å². The third-order valence-corrected chi connectivity index (χ3v) is 6.49. The van der Waals surface area contributed by atoms with Crippen LogP contribution in [0, 0.1) is 23.6 Å². The van der Waals surface area contributed by atoms with Crippen LogP contribution in [0.3, 0.4) is 0 Å². The lowest BCUT2D eigenvalue weighted by Crippen LogP contribution is -2.12. The molecule has 0 heterocycles. The van der Waals surface area contributed by atoms with Crippen molar-refractivity contribution in [1.82, 2.24) is 0 Å². The third kappa shape index (κ3) is 6.73. The number of rotatable bonds is 8. The Labute approximate surface area is 183 Å². The summed E-state index contributed by atoms with van der Waals surface area (Å²) in [6, 6.07) is 14.8. The Balaban J connectivity index is 1.50. The second kappa shape index (κ2) is 11.9. The molecular formula is C29H37F. The van der Waals surface area contributed by atoms with Crippen molar-refractivity contribution in [3.8, 4) is 11.8 Å². The zero-order valence-corrected chi connectivity index (χ0v) is 18.9. The van der Waals surface area contributed by atoms with E-state index in [1.54, 1.807) is 6.07 Å². The summed E-state index contributed by atoms with van der Waals surface area (Å²) >= 11 is 0. The first-order valence-corrected chi connectivity index (χ1v) is 12.1.